The van der Waals surface area contributed by atoms with Gasteiger partial charge < -0.3 is 15.0 Å². The van der Waals surface area contributed by atoms with Crippen LogP contribution in [0.25, 0.3) is 10.1 Å². The van der Waals surface area contributed by atoms with Gasteiger partial charge in [-0.05, 0) is 49.2 Å². The number of nitrogens with zero attached hydrogens (tertiary/aromatic N) is 1. The van der Waals surface area contributed by atoms with E-state index in [1.165, 1.54) is 24.5 Å². The number of anilines is 1. The zero-order valence-corrected chi connectivity index (χ0v) is 20.3. The van der Waals surface area contributed by atoms with Crippen LogP contribution in [0.4, 0.5) is 10.1 Å². The lowest BCUT2D eigenvalue weighted by molar-refractivity contribution is 0.0931. The summed E-state index contributed by atoms with van der Waals surface area (Å²) in [5.41, 5.74) is 1.56. The van der Waals surface area contributed by atoms with Crippen molar-refractivity contribution in [2.24, 2.45) is 0 Å². The number of sulfone groups is 1. The number of methoxy groups -OCH3 is 1. The Morgan fingerprint density at radius 1 is 1.18 bits per heavy atom. The zero-order valence-electron chi connectivity index (χ0n) is 18.6. The molecule has 2 aromatic carbocycles. The molecule has 0 atom stereocenters. The number of nitrogens with one attached hydrogen (secondary N) is 1. The summed E-state index contributed by atoms with van der Waals surface area (Å²) < 4.78 is 44.4. The Bertz CT molecular complexity index is 1250. The molecule has 1 aliphatic heterocycles. The summed E-state index contributed by atoms with van der Waals surface area (Å²) in [6.45, 7) is 3.30. The van der Waals surface area contributed by atoms with Crippen LogP contribution in [0.15, 0.2) is 47.4 Å². The zero-order chi connectivity index (χ0) is 23.6. The number of carbonyl (C=O) groups is 1. The second-order valence-electron chi connectivity index (χ2n) is 8.09. The number of ether oxygens (including phenoxy) is 1. The fourth-order valence-electron chi connectivity index (χ4n) is 4.20. The van der Waals surface area contributed by atoms with Crippen LogP contribution in [-0.2, 0) is 21.2 Å². The fourth-order valence-corrected chi connectivity index (χ4v) is 6.21. The molecule has 3 aromatic rings. The van der Waals surface area contributed by atoms with E-state index in [-0.39, 0.29) is 30.1 Å². The first kappa shape index (κ1) is 23.7. The Morgan fingerprint density at radius 3 is 2.52 bits per heavy atom. The number of hydrogen-bond donors (Lipinski definition) is 1. The van der Waals surface area contributed by atoms with Crippen molar-refractivity contribution in [3.8, 4) is 0 Å². The monoisotopic (exact) mass is 490 g/mol. The number of halogens is 1. The minimum absolute atomic E-state index is 0.0129. The van der Waals surface area contributed by atoms with Gasteiger partial charge in [0.15, 0.2) is 9.84 Å². The SMILES string of the molecule is CCS(=O)(=O)c1ccc(N2CCC(NC(=O)c3sc4cccc(F)c4c3COC)CC2)cc1. The first-order chi connectivity index (χ1) is 15.8. The number of fused-ring (bicyclic) bond motifs is 1. The van der Waals surface area contributed by atoms with Gasteiger partial charge in [0.25, 0.3) is 5.91 Å². The van der Waals surface area contributed by atoms with Crippen LogP contribution in [0, 0.1) is 5.82 Å². The molecule has 9 heteroatoms. The molecular formula is C24H27FN2O4S2. The molecule has 1 N–H and O–H groups in total. The topological polar surface area (TPSA) is 75.7 Å². The van der Waals surface area contributed by atoms with Crippen molar-refractivity contribution in [1.29, 1.82) is 0 Å². The molecule has 1 aromatic heterocycles. The van der Waals surface area contributed by atoms with Gasteiger partial charge in [0.2, 0.25) is 0 Å². The minimum Gasteiger partial charge on any atom is -0.380 e. The van der Waals surface area contributed by atoms with Gasteiger partial charge >= 0.3 is 0 Å². The molecule has 1 fully saturated rings. The third-order valence-corrected chi connectivity index (χ3v) is 8.98. The summed E-state index contributed by atoms with van der Waals surface area (Å²) in [5, 5.41) is 3.57. The summed E-state index contributed by atoms with van der Waals surface area (Å²) in [7, 11) is -1.68. The van der Waals surface area contributed by atoms with E-state index >= 15 is 0 Å². The van der Waals surface area contributed by atoms with E-state index in [0.29, 0.717) is 20.7 Å². The number of thiophene rings is 1. The second-order valence-corrected chi connectivity index (χ2v) is 11.4. The number of piperidine rings is 1. The Balaban J connectivity index is 1.42. The minimum atomic E-state index is -3.21. The maximum Gasteiger partial charge on any atom is 0.261 e. The van der Waals surface area contributed by atoms with Gasteiger partial charge in [-0.25, -0.2) is 12.8 Å². The number of rotatable bonds is 7. The molecular weight excluding hydrogens is 463 g/mol. The van der Waals surface area contributed by atoms with E-state index in [1.807, 2.05) is 18.2 Å². The summed E-state index contributed by atoms with van der Waals surface area (Å²) in [6.07, 6.45) is 1.53. The molecule has 6 nitrogen and oxygen atoms in total. The van der Waals surface area contributed by atoms with Crippen molar-refractivity contribution in [2.75, 3.05) is 30.9 Å². The highest BCUT2D eigenvalue weighted by Gasteiger charge is 2.25. The average molecular weight is 491 g/mol. The van der Waals surface area contributed by atoms with Crippen molar-refractivity contribution in [3.05, 3.63) is 58.7 Å². The molecule has 0 spiro atoms. The van der Waals surface area contributed by atoms with Crippen molar-refractivity contribution >= 4 is 42.9 Å². The normalized spacial score (nSPS) is 15.2. The van der Waals surface area contributed by atoms with Crippen LogP contribution >= 0.6 is 11.3 Å². The van der Waals surface area contributed by atoms with Crippen LogP contribution in [-0.4, -0.2) is 46.3 Å². The summed E-state index contributed by atoms with van der Waals surface area (Å²) >= 11 is 1.29. The van der Waals surface area contributed by atoms with E-state index < -0.39 is 9.84 Å². The largest absolute Gasteiger partial charge is 0.380 e. The highest BCUT2D eigenvalue weighted by molar-refractivity contribution is 7.91. The Kier molecular flexibility index (Phi) is 7.02. The molecule has 33 heavy (non-hydrogen) atoms. The Morgan fingerprint density at radius 2 is 1.88 bits per heavy atom. The quantitative estimate of drug-likeness (QED) is 0.532. The molecule has 0 radical (unpaired) electrons. The van der Waals surface area contributed by atoms with Crippen LogP contribution in [0.2, 0.25) is 0 Å². The van der Waals surface area contributed by atoms with Crippen LogP contribution < -0.4 is 10.2 Å². The van der Waals surface area contributed by atoms with Gasteiger partial charge in [0, 0.05) is 47.6 Å². The third kappa shape index (κ3) is 4.90. The lowest BCUT2D eigenvalue weighted by Crippen LogP contribution is -2.44. The van der Waals surface area contributed by atoms with Gasteiger partial charge in [-0.15, -0.1) is 11.3 Å². The van der Waals surface area contributed by atoms with Gasteiger partial charge in [-0.2, -0.15) is 0 Å². The molecule has 1 saturated heterocycles. The highest BCUT2D eigenvalue weighted by atomic mass is 32.2. The maximum atomic E-state index is 14.4. The molecule has 0 unspecified atom stereocenters. The number of hydrogen-bond acceptors (Lipinski definition) is 6. The molecule has 1 amide bonds. The summed E-state index contributed by atoms with van der Waals surface area (Å²) in [6, 6.07) is 11.9. The first-order valence-electron chi connectivity index (χ1n) is 10.9. The lowest BCUT2D eigenvalue weighted by atomic mass is 10.0. The van der Waals surface area contributed by atoms with E-state index in [0.717, 1.165) is 36.3 Å². The number of benzene rings is 2. The van der Waals surface area contributed by atoms with Gasteiger partial charge in [-0.3, -0.25) is 4.79 Å². The molecule has 0 saturated carbocycles. The Labute approximate surface area is 197 Å². The predicted octanol–water partition coefficient (Wildman–Crippen LogP) is 4.38. The van der Waals surface area contributed by atoms with E-state index in [4.69, 9.17) is 4.74 Å². The van der Waals surface area contributed by atoms with Crippen LogP contribution in [0.1, 0.15) is 35.0 Å². The Hall–Kier alpha value is -2.49. The highest BCUT2D eigenvalue weighted by Crippen LogP contribution is 2.34. The van der Waals surface area contributed by atoms with Crippen LogP contribution in [0.3, 0.4) is 0 Å². The average Bonchev–Trinajstić information content (AvgIpc) is 3.20. The standard InChI is InChI=1S/C24H27FN2O4S2/c1-3-33(29,30)18-9-7-17(8-10-18)27-13-11-16(12-14-27)26-24(28)23-19(15-31-2)22-20(25)5-4-6-21(22)32-23/h4-10,16H,3,11-15H2,1-2H3,(H,26,28). The maximum absolute atomic E-state index is 14.4. The van der Waals surface area contributed by atoms with Gasteiger partial charge in [0.05, 0.1) is 22.1 Å². The smallest absolute Gasteiger partial charge is 0.261 e. The number of amides is 1. The second kappa shape index (κ2) is 9.79. The molecule has 1 aliphatic rings. The predicted molar refractivity (Wildman–Crippen MR) is 129 cm³/mol. The summed E-state index contributed by atoms with van der Waals surface area (Å²) in [4.78, 5) is 16.1. The van der Waals surface area contributed by atoms with Crippen molar-refractivity contribution in [1.82, 2.24) is 5.32 Å². The van der Waals surface area contributed by atoms with Gasteiger partial charge in [-0.1, -0.05) is 13.0 Å². The lowest BCUT2D eigenvalue weighted by Gasteiger charge is -2.34. The summed E-state index contributed by atoms with van der Waals surface area (Å²) in [5.74, 6) is -0.466. The van der Waals surface area contributed by atoms with Crippen molar-refractivity contribution in [2.45, 2.75) is 37.3 Å². The van der Waals surface area contributed by atoms with E-state index in [9.17, 15) is 17.6 Å². The molecule has 2 heterocycles. The molecule has 4 rings (SSSR count). The molecule has 176 valence electrons. The van der Waals surface area contributed by atoms with Crippen LogP contribution in [0.5, 0.6) is 0 Å². The fraction of sp³-hybridized carbons (Fsp3) is 0.375. The van der Waals surface area contributed by atoms with Crippen molar-refractivity contribution in [3.63, 3.8) is 0 Å². The van der Waals surface area contributed by atoms with Crippen molar-refractivity contribution < 1.29 is 22.3 Å². The first-order valence-corrected chi connectivity index (χ1v) is 13.4. The molecule has 0 bridgehead atoms. The van der Waals surface area contributed by atoms with E-state index in [1.54, 1.807) is 25.1 Å². The van der Waals surface area contributed by atoms with E-state index in [2.05, 4.69) is 10.2 Å². The number of carbonyl (C=O) groups excluding carboxylic acids is 1. The molecule has 0 aliphatic carbocycles. The third-order valence-electron chi connectivity index (χ3n) is 6.03. The van der Waals surface area contributed by atoms with Gasteiger partial charge in [0.1, 0.15) is 5.82 Å².